The second-order valence-corrected chi connectivity index (χ2v) is 7.19. The largest absolute Gasteiger partial charge is 0.321 e. The molecule has 1 amide bonds. The maximum Gasteiger partial charge on any atom is 0.266 e. The molecule has 3 rings (SSSR count). The maximum atomic E-state index is 12.7. The number of carbonyl (C=O) groups excluding carboxylic acids is 1. The van der Waals surface area contributed by atoms with Crippen LogP contribution in [0.3, 0.4) is 0 Å². The number of anilines is 1. The monoisotopic (exact) mass is 375 g/mol. The van der Waals surface area contributed by atoms with E-state index in [2.05, 4.69) is 15.3 Å². The molecule has 2 N–H and O–H groups in total. The number of thiophene rings is 1. The van der Waals surface area contributed by atoms with Crippen LogP contribution in [-0.2, 0) is 6.42 Å². The van der Waals surface area contributed by atoms with Gasteiger partial charge in [-0.3, -0.25) is 9.59 Å². The predicted molar refractivity (Wildman–Crippen MR) is 103 cm³/mol. The molecule has 1 aromatic carbocycles. The predicted octanol–water partition coefficient (Wildman–Crippen LogP) is 4.03. The van der Waals surface area contributed by atoms with E-state index in [4.69, 9.17) is 11.6 Å². The molecule has 25 heavy (non-hydrogen) atoms. The summed E-state index contributed by atoms with van der Waals surface area (Å²) in [6.07, 6.45) is 1.34. The number of hydrogen-bond acceptors (Lipinski definition) is 4. The minimum absolute atomic E-state index is 0.210. The normalized spacial score (nSPS) is 11.0. The number of para-hydroxylation sites is 1. The molecule has 2 aromatic heterocycles. The lowest BCUT2D eigenvalue weighted by Crippen LogP contribution is -2.14. The Morgan fingerprint density at radius 1 is 1.32 bits per heavy atom. The molecule has 0 atom stereocenters. The average Bonchev–Trinajstić information content (AvgIpc) is 2.92. The molecular formula is C18H18ClN3O2S. The van der Waals surface area contributed by atoms with Crippen LogP contribution in [0.1, 0.15) is 33.0 Å². The number of fused-ring (bicyclic) bond motifs is 1. The number of H-pyrrole nitrogens is 1. The van der Waals surface area contributed by atoms with Crippen LogP contribution < -0.4 is 10.9 Å². The van der Waals surface area contributed by atoms with Crippen molar-refractivity contribution in [2.24, 2.45) is 0 Å². The summed E-state index contributed by atoms with van der Waals surface area (Å²) >= 11 is 6.94. The number of benzene rings is 1. The van der Waals surface area contributed by atoms with Gasteiger partial charge in [0.2, 0.25) is 0 Å². The Labute approximate surface area is 154 Å². The minimum Gasteiger partial charge on any atom is -0.321 e. The zero-order chi connectivity index (χ0) is 18.0. The van der Waals surface area contributed by atoms with Crippen molar-refractivity contribution in [3.8, 4) is 0 Å². The lowest BCUT2D eigenvalue weighted by molar-refractivity contribution is 0.103. The number of amides is 1. The number of hydrogen-bond donors (Lipinski definition) is 2. The first-order chi connectivity index (χ1) is 12.0. The highest BCUT2D eigenvalue weighted by molar-refractivity contribution is 7.20. The van der Waals surface area contributed by atoms with E-state index >= 15 is 0 Å². The van der Waals surface area contributed by atoms with Gasteiger partial charge in [-0.2, -0.15) is 0 Å². The van der Waals surface area contributed by atoms with Crippen LogP contribution in [0.4, 0.5) is 5.69 Å². The van der Waals surface area contributed by atoms with E-state index in [9.17, 15) is 9.59 Å². The summed E-state index contributed by atoms with van der Waals surface area (Å²) in [7, 11) is 0. The van der Waals surface area contributed by atoms with Gasteiger partial charge in [0.1, 0.15) is 10.7 Å². The third-order valence-electron chi connectivity index (χ3n) is 4.00. The van der Waals surface area contributed by atoms with E-state index in [0.717, 1.165) is 17.7 Å². The minimum atomic E-state index is -0.225. The fourth-order valence-corrected chi connectivity index (χ4v) is 3.88. The van der Waals surface area contributed by atoms with Gasteiger partial charge in [-0.1, -0.05) is 18.2 Å². The molecule has 0 spiro atoms. The molecule has 5 nitrogen and oxygen atoms in total. The van der Waals surface area contributed by atoms with E-state index < -0.39 is 0 Å². The van der Waals surface area contributed by atoms with Crippen LogP contribution in [0.15, 0.2) is 29.1 Å². The molecule has 7 heteroatoms. The first kappa shape index (κ1) is 17.6. The number of aromatic amines is 1. The van der Waals surface area contributed by atoms with Crippen molar-refractivity contribution in [1.29, 1.82) is 0 Å². The first-order valence-corrected chi connectivity index (χ1v) is 9.31. The zero-order valence-electron chi connectivity index (χ0n) is 14.0. The van der Waals surface area contributed by atoms with E-state index in [0.29, 0.717) is 38.8 Å². The van der Waals surface area contributed by atoms with Crippen LogP contribution in [0.5, 0.6) is 0 Å². The Bertz CT molecular complexity index is 994. The van der Waals surface area contributed by atoms with Crippen LogP contribution in [0.2, 0.25) is 0 Å². The Morgan fingerprint density at radius 3 is 2.80 bits per heavy atom. The van der Waals surface area contributed by atoms with Gasteiger partial charge in [0, 0.05) is 18.0 Å². The summed E-state index contributed by atoms with van der Waals surface area (Å²) in [5.41, 5.74) is 2.19. The van der Waals surface area contributed by atoms with Gasteiger partial charge in [0.05, 0.1) is 10.3 Å². The Morgan fingerprint density at radius 2 is 2.08 bits per heavy atom. The second kappa shape index (κ2) is 7.37. The zero-order valence-corrected chi connectivity index (χ0v) is 15.6. The van der Waals surface area contributed by atoms with Gasteiger partial charge in [0.15, 0.2) is 0 Å². The van der Waals surface area contributed by atoms with E-state index in [1.807, 2.05) is 31.2 Å². The van der Waals surface area contributed by atoms with E-state index in [1.165, 1.54) is 11.3 Å². The molecule has 0 aliphatic rings. The van der Waals surface area contributed by atoms with Gasteiger partial charge in [0.25, 0.3) is 11.5 Å². The maximum absolute atomic E-state index is 12.7. The number of nitrogens with one attached hydrogen (secondary N) is 2. The molecule has 0 saturated heterocycles. The van der Waals surface area contributed by atoms with Crippen molar-refractivity contribution < 1.29 is 4.79 Å². The fourth-order valence-electron chi connectivity index (χ4n) is 2.65. The van der Waals surface area contributed by atoms with Gasteiger partial charge in [-0.15, -0.1) is 22.9 Å². The van der Waals surface area contributed by atoms with Crippen molar-refractivity contribution in [2.75, 3.05) is 11.2 Å². The number of aromatic nitrogens is 2. The third kappa shape index (κ3) is 3.60. The number of nitrogens with zero attached hydrogens (tertiary/aromatic N) is 1. The summed E-state index contributed by atoms with van der Waals surface area (Å²) in [5.74, 6) is 0.886. The SMILES string of the molecule is Cc1ccccc1NC(=O)c1sc2nc(CCCCl)[nH]c(=O)c2c1C. The Balaban J connectivity index is 1.98. The summed E-state index contributed by atoms with van der Waals surface area (Å²) < 4.78 is 0. The molecule has 0 saturated carbocycles. The number of rotatable bonds is 5. The Hall–Kier alpha value is -2.18. The van der Waals surface area contributed by atoms with Crippen LogP contribution in [0, 0.1) is 13.8 Å². The van der Waals surface area contributed by atoms with Gasteiger partial charge in [-0.25, -0.2) is 4.98 Å². The van der Waals surface area contributed by atoms with Crippen molar-refractivity contribution in [2.45, 2.75) is 26.7 Å². The highest BCUT2D eigenvalue weighted by Crippen LogP contribution is 2.28. The average molecular weight is 376 g/mol. The van der Waals surface area contributed by atoms with Crippen molar-refractivity contribution in [1.82, 2.24) is 9.97 Å². The molecule has 0 aliphatic carbocycles. The summed E-state index contributed by atoms with van der Waals surface area (Å²) in [5, 5.41) is 3.39. The summed E-state index contributed by atoms with van der Waals surface area (Å²) in [4.78, 5) is 33.4. The molecule has 2 heterocycles. The smallest absolute Gasteiger partial charge is 0.266 e. The molecule has 130 valence electrons. The highest BCUT2D eigenvalue weighted by atomic mass is 35.5. The fraction of sp³-hybridized carbons (Fsp3) is 0.278. The molecule has 3 aromatic rings. The van der Waals surface area contributed by atoms with Crippen molar-refractivity contribution >= 4 is 44.7 Å². The molecule has 0 aliphatic heterocycles. The van der Waals surface area contributed by atoms with Gasteiger partial charge < -0.3 is 10.3 Å². The van der Waals surface area contributed by atoms with Crippen molar-refractivity contribution in [3.05, 3.63) is 56.4 Å². The highest BCUT2D eigenvalue weighted by Gasteiger charge is 2.19. The molecular weight excluding hydrogens is 358 g/mol. The standard InChI is InChI=1S/C18H18ClN3O2S/c1-10-6-3-4-7-12(10)20-17(24)15-11(2)14-16(23)21-13(8-5-9-19)22-18(14)25-15/h3-4,6-7H,5,8-9H2,1-2H3,(H,20,24)(H,21,22,23). The summed E-state index contributed by atoms with van der Waals surface area (Å²) in [6, 6.07) is 7.57. The molecule has 0 radical (unpaired) electrons. The number of alkyl halides is 1. The van der Waals surface area contributed by atoms with E-state index in [1.54, 1.807) is 6.92 Å². The van der Waals surface area contributed by atoms with Crippen molar-refractivity contribution in [3.63, 3.8) is 0 Å². The quantitative estimate of drug-likeness (QED) is 0.661. The van der Waals surface area contributed by atoms with Crippen LogP contribution >= 0.6 is 22.9 Å². The Kier molecular flexibility index (Phi) is 5.20. The van der Waals surface area contributed by atoms with Gasteiger partial charge in [-0.05, 0) is 37.5 Å². The molecule has 0 bridgehead atoms. The van der Waals surface area contributed by atoms with Crippen LogP contribution in [-0.4, -0.2) is 21.8 Å². The number of carbonyl (C=O) groups is 1. The lowest BCUT2D eigenvalue weighted by atomic mass is 10.2. The molecule has 0 unspecified atom stereocenters. The first-order valence-electron chi connectivity index (χ1n) is 7.96. The molecule has 0 fully saturated rings. The van der Waals surface area contributed by atoms with E-state index in [-0.39, 0.29) is 11.5 Å². The second-order valence-electron chi connectivity index (χ2n) is 5.81. The number of aryl methyl sites for hydroxylation is 3. The van der Waals surface area contributed by atoms with Crippen LogP contribution in [0.25, 0.3) is 10.2 Å². The lowest BCUT2D eigenvalue weighted by Gasteiger charge is -2.07. The number of halogens is 1. The van der Waals surface area contributed by atoms with Gasteiger partial charge >= 0.3 is 0 Å². The summed E-state index contributed by atoms with van der Waals surface area (Å²) in [6.45, 7) is 3.71. The third-order valence-corrected chi connectivity index (χ3v) is 5.45. The topological polar surface area (TPSA) is 74.8 Å².